The lowest BCUT2D eigenvalue weighted by atomic mass is 10.1. The van der Waals surface area contributed by atoms with E-state index >= 15 is 0 Å². The Morgan fingerprint density at radius 1 is 1.42 bits per heavy atom. The fraction of sp³-hybridized carbons (Fsp3) is 0.692. The zero-order valence-corrected chi connectivity index (χ0v) is 12.3. The molecule has 0 spiro atoms. The Balaban J connectivity index is 2.22. The largest absolute Gasteiger partial charge is 0.395 e. The second-order valence-corrected chi connectivity index (χ2v) is 5.69. The van der Waals surface area contributed by atoms with Crippen LogP contribution in [0.4, 0.5) is 5.69 Å². The van der Waals surface area contributed by atoms with Crippen molar-refractivity contribution in [2.75, 3.05) is 32.9 Å². The van der Waals surface area contributed by atoms with E-state index in [-0.39, 0.29) is 5.91 Å². The lowest BCUT2D eigenvalue weighted by molar-refractivity contribution is 0.0771. The van der Waals surface area contributed by atoms with Crippen LogP contribution in [0, 0.1) is 12.8 Å². The van der Waals surface area contributed by atoms with Crippen molar-refractivity contribution in [3.05, 3.63) is 11.4 Å². The molecule has 106 valence electrons. The van der Waals surface area contributed by atoms with Crippen molar-refractivity contribution in [2.45, 2.75) is 19.9 Å². The van der Waals surface area contributed by atoms with Crippen molar-refractivity contribution in [1.82, 2.24) is 19.6 Å². The molecule has 1 aliphatic heterocycles. The number of anilines is 1. The Hall–Kier alpha value is -1.56. The maximum absolute atomic E-state index is 12.6. The van der Waals surface area contributed by atoms with Crippen LogP contribution in [0.25, 0.3) is 0 Å². The van der Waals surface area contributed by atoms with Crippen molar-refractivity contribution in [3.8, 4) is 0 Å². The van der Waals surface area contributed by atoms with Crippen molar-refractivity contribution in [3.63, 3.8) is 0 Å². The second kappa shape index (κ2) is 4.85. The minimum atomic E-state index is -0.0169. The maximum atomic E-state index is 12.6. The quantitative estimate of drug-likeness (QED) is 0.837. The fourth-order valence-corrected chi connectivity index (χ4v) is 2.87. The van der Waals surface area contributed by atoms with Gasteiger partial charge in [-0.2, -0.15) is 5.10 Å². The van der Waals surface area contributed by atoms with Gasteiger partial charge in [0.25, 0.3) is 5.91 Å². The van der Waals surface area contributed by atoms with Crippen LogP contribution in [0.5, 0.6) is 0 Å². The summed E-state index contributed by atoms with van der Waals surface area (Å²) in [4.78, 5) is 16.6. The van der Waals surface area contributed by atoms with E-state index in [0.717, 1.165) is 13.1 Å². The lowest BCUT2D eigenvalue weighted by Gasteiger charge is -2.22. The monoisotopic (exact) mass is 265 g/mol. The van der Waals surface area contributed by atoms with Crippen molar-refractivity contribution in [2.24, 2.45) is 13.0 Å². The van der Waals surface area contributed by atoms with E-state index in [1.165, 1.54) is 0 Å². The summed E-state index contributed by atoms with van der Waals surface area (Å²) in [6.07, 6.45) is 0. The van der Waals surface area contributed by atoms with E-state index in [1.807, 2.05) is 11.8 Å². The summed E-state index contributed by atoms with van der Waals surface area (Å²) < 4.78 is 1.58. The van der Waals surface area contributed by atoms with Gasteiger partial charge in [0.1, 0.15) is 5.69 Å². The van der Waals surface area contributed by atoms with Crippen LogP contribution in [-0.2, 0) is 7.05 Å². The van der Waals surface area contributed by atoms with Gasteiger partial charge in [0, 0.05) is 26.2 Å². The molecule has 2 rings (SSSR count). The Morgan fingerprint density at radius 2 is 2.05 bits per heavy atom. The van der Waals surface area contributed by atoms with Gasteiger partial charge in [-0.1, -0.05) is 6.92 Å². The Bertz CT molecular complexity index is 493. The van der Waals surface area contributed by atoms with Gasteiger partial charge >= 0.3 is 0 Å². The molecule has 0 saturated carbocycles. The van der Waals surface area contributed by atoms with Gasteiger partial charge in [0.2, 0.25) is 0 Å². The molecule has 1 amide bonds. The van der Waals surface area contributed by atoms with Gasteiger partial charge in [-0.3, -0.25) is 9.48 Å². The molecule has 1 aromatic rings. The summed E-state index contributed by atoms with van der Waals surface area (Å²) in [6.45, 7) is 5.51. The first-order chi connectivity index (χ1) is 8.82. The number of rotatable bonds is 2. The van der Waals surface area contributed by atoms with Crippen LogP contribution in [0.1, 0.15) is 23.1 Å². The number of amides is 1. The highest BCUT2D eigenvalue weighted by atomic mass is 16.2. The highest BCUT2D eigenvalue weighted by Gasteiger charge is 2.35. The van der Waals surface area contributed by atoms with Crippen LogP contribution in [-0.4, -0.2) is 58.7 Å². The molecule has 1 saturated heterocycles. The third kappa shape index (κ3) is 2.32. The van der Waals surface area contributed by atoms with E-state index in [2.05, 4.69) is 31.0 Å². The first-order valence-electron chi connectivity index (χ1n) is 6.57. The normalized spacial score (nSPS) is 23.4. The smallest absolute Gasteiger partial charge is 0.274 e. The molecule has 19 heavy (non-hydrogen) atoms. The third-order valence-electron chi connectivity index (χ3n) is 3.99. The van der Waals surface area contributed by atoms with Gasteiger partial charge in [-0.05, 0) is 26.9 Å². The number of likely N-dealkylation sites (N-methyl/N-ethyl adjacent to an activating group) is 1. The first kappa shape index (κ1) is 13.9. The molecule has 6 heteroatoms. The number of carbonyl (C=O) groups is 1. The minimum absolute atomic E-state index is 0.0169. The molecule has 0 bridgehead atoms. The highest BCUT2D eigenvalue weighted by Crippen LogP contribution is 2.24. The van der Waals surface area contributed by atoms with E-state index in [0.29, 0.717) is 29.0 Å². The third-order valence-corrected chi connectivity index (χ3v) is 3.99. The number of aromatic nitrogens is 2. The van der Waals surface area contributed by atoms with Crippen LogP contribution >= 0.6 is 0 Å². The standard InChI is InChI=1S/C13H23N5O/c1-8-6-18(7-10(8)16(3)4)13(19)12-11(14)9(2)15-17(12)5/h8,10H,6-7,14H2,1-5H3. The summed E-state index contributed by atoms with van der Waals surface area (Å²) >= 11 is 0. The summed E-state index contributed by atoms with van der Waals surface area (Å²) in [7, 11) is 5.87. The molecule has 2 unspecified atom stereocenters. The van der Waals surface area contributed by atoms with E-state index in [1.54, 1.807) is 11.7 Å². The molecular formula is C13H23N5O. The van der Waals surface area contributed by atoms with Gasteiger partial charge in [-0.15, -0.1) is 0 Å². The molecule has 1 aliphatic rings. The minimum Gasteiger partial charge on any atom is -0.395 e. The molecule has 0 aliphatic carbocycles. The molecule has 2 atom stereocenters. The Kier molecular flexibility index (Phi) is 3.54. The summed E-state index contributed by atoms with van der Waals surface area (Å²) in [6, 6.07) is 0.402. The number of hydrogen-bond acceptors (Lipinski definition) is 4. The second-order valence-electron chi connectivity index (χ2n) is 5.69. The predicted molar refractivity (Wildman–Crippen MR) is 74.9 cm³/mol. The summed E-state index contributed by atoms with van der Waals surface area (Å²) in [5, 5.41) is 4.21. The molecule has 2 N–H and O–H groups in total. The summed E-state index contributed by atoms with van der Waals surface area (Å²) in [5.41, 5.74) is 7.67. The average molecular weight is 265 g/mol. The molecule has 6 nitrogen and oxygen atoms in total. The zero-order chi connectivity index (χ0) is 14.3. The fourth-order valence-electron chi connectivity index (χ4n) is 2.87. The number of nitrogens with two attached hydrogens (primary N) is 1. The topological polar surface area (TPSA) is 67.4 Å². The number of carbonyl (C=O) groups excluding carboxylic acids is 1. The predicted octanol–water partition coefficient (Wildman–Crippen LogP) is 0.333. The van der Waals surface area contributed by atoms with Gasteiger partial charge < -0.3 is 15.5 Å². The maximum Gasteiger partial charge on any atom is 0.274 e. The lowest BCUT2D eigenvalue weighted by Crippen LogP contribution is -2.36. The SMILES string of the molecule is Cc1nn(C)c(C(=O)N2CC(C)C(N(C)C)C2)c1N. The summed E-state index contributed by atoms with van der Waals surface area (Å²) in [5.74, 6) is 0.450. The van der Waals surface area contributed by atoms with Crippen molar-refractivity contribution < 1.29 is 4.79 Å². The van der Waals surface area contributed by atoms with E-state index < -0.39 is 0 Å². The van der Waals surface area contributed by atoms with Crippen LogP contribution in [0.3, 0.4) is 0 Å². The van der Waals surface area contributed by atoms with Gasteiger partial charge in [0.05, 0.1) is 11.4 Å². The Morgan fingerprint density at radius 3 is 2.47 bits per heavy atom. The zero-order valence-electron chi connectivity index (χ0n) is 12.3. The van der Waals surface area contributed by atoms with Crippen molar-refractivity contribution >= 4 is 11.6 Å². The van der Waals surface area contributed by atoms with Crippen LogP contribution < -0.4 is 5.73 Å². The highest BCUT2D eigenvalue weighted by molar-refractivity contribution is 5.98. The van der Waals surface area contributed by atoms with E-state index in [9.17, 15) is 4.79 Å². The molecule has 0 aromatic carbocycles. The van der Waals surface area contributed by atoms with Crippen LogP contribution in [0.2, 0.25) is 0 Å². The molecule has 0 radical (unpaired) electrons. The first-order valence-corrected chi connectivity index (χ1v) is 6.57. The average Bonchev–Trinajstić information content (AvgIpc) is 2.81. The van der Waals surface area contributed by atoms with E-state index in [4.69, 9.17) is 5.73 Å². The number of aryl methyl sites for hydroxylation is 2. The number of nitrogen functional groups attached to an aromatic ring is 1. The number of hydrogen-bond donors (Lipinski definition) is 1. The molecule has 1 aromatic heterocycles. The number of nitrogens with zero attached hydrogens (tertiary/aromatic N) is 4. The molecule has 2 heterocycles. The van der Waals surface area contributed by atoms with Crippen molar-refractivity contribution in [1.29, 1.82) is 0 Å². The molecule has 1 fully saturated rings. The number of likely N-dealkylation sites (tertiary alicyclic amines) is 1. The Labute approximate surface area is 114 Å². The van der Waals surface area contributed by atoms with Crippen LogP contribution in [0.15, 0.2) is 0 Å². The molecular weight excluding hydrogens is 242 g/mol. The van der Waals surface area contributed by atoms with Gasteiger partial charge in [-0.25, -0.2) is 0 Å². The van der Waals surface area contributed by atoms with Gasteiger partial charge in [0.15, 0.2) is 0 Å².